The quantitative estimate of drug-likeness (QED) is 0.490. The number of fused-ring (bicyclic) bond motifs is 1. The van der Waals surface area contributed by atoms with Crippen LogP contribution < -0.4 is 0 Å². The first-order valence-corrected chi connectivity index (χ1v) is 8.28. The zero-order valence-electron chi connectivity index (χ0n) is 13.5. The van der Waals surface area contributed by atoms with E-state index in [1.165, 1.54) is 44.0 Å². The molecule has 0 N–H and O–H groups in total. The number of hydrogen-bond donors (Lipinski definition) is 0. The molecule has 1 nitrogen and oxygen atoms in total. The third-order valence-corrected chi connectivity index (χ3v) is 5.66. The van der Waals surface area contributed by atoms with Crippen LogP contribution in [-0.4, -0.2) is 6.29 Å². The molecule has 1 saturated carbocycles. The Morgan fingerprint density at radius 2 is 2.30 bits per heavy atom. The van der Waals surface area contributed by atoms with Crippen LogP contribution in [0.1, 0.15) is 65.7 Å². The van der Waals surface area contributed by atoms with Crippen LogP contribution in [0.5, 0.6) is 0 Å². The summed E-state index contributed by atoms with van der Waals surface area (Å²) in [4.78, 5) is 11.5. The molecule has 2 aliphatic rings. The summed E-state index contributed by atoms with van der Waals surface area (Å²) in [7, 11) is 0. The van der Waals surface area contributed by atoms with E-state index in [0.29, 0.717) is 17.3 Å². The Morgan fingerprint density at radius 1 is 1.55 bits per heavy atom. The summed E-state index contributed by atoms with van der Waals surface area (Å²) < 4.78 is 0. The maximum absolute atomic E-state index is 11.5. The molecule has 4 atom stereocenters. The van der Waals surface area contributed by atoms with E-state index < -0.39 is 0 Å². The van der Waals surface area contributed by atoms with E-state index in [4.69, 9.17) is 0 Å². The van der Waals surface area contributed by atoms with E-state index >= 15 is 0 Å². The molecule has 2 aliphatic carbocycles. The molecule has 1 fully saturated rings. The third-order valence-electron chi connectivity index (χ3n) is 5.66. The number of rotatable bonds is 5. The molecule has 0 aromatic rings. The van der Waals surface area contributed by atoms with Crippen LogP contribution in [0.15, 0.2) is 23.8 Å². The summed E-state index contributed by atoms with van der Waals surface area (Å²) in [5, 5.41) is 0. The number of hydrogen-bond acceptors (Lipinski definition) is 1. The predicted molar refractivity (Wildman–Crippen MR) is 85.5 cm³/mol. The molecule has 0 spiro atoms. The summed E-state index contributed by atoms with van der Waals surface area (Å²) in [6.07, 6.45) is 12.2. The minimum absolute atomic E-state index is 0.260. The van der Waals surface area contributed by atoms with Crippen molar-refractivity contribution in [3.05, 3.63) is 23.8 Å². The molecule has 0 heterocycles. The van der Waals surface area contributed by atoms with Gasteiger partial charge in [-0.15, -0.1) is 6.58 Å². The highest BCUT2D eigenvalue weighted by Gasteiger charge is 2.42. The van der Waals surface area contributed by atoms with Crippen LogP contribution in [-0.2, 0) is 4.79 Å². The molecule has 20 heavy (non-hydrogen) atoms. The smallest absolute Gasteiger partial charge is 0.123 e. The highest BCUT2D eigenvalue weighted by Crippen LogP contribution is 2.52. The lowest BCUT2D eigenvalue weighted by Gasteiger charge is -2.47. The van der Waals surface area contributed by atoms with Crippen molar-refractivity contribution in [2.45, 2.75) is 65.7 Å². The van der Waals surface area contributed by atoms with E-state index in [1.807, 2.05) is 0 Å². The Labute approximate surface area is 124 Å². The molecular formula is C19H30O. The predicted octanol–water partition coefficient (Wildman–Crippen LogP) is 5.32. The number of aldehydes is 1. The average molecular weight is 274 g/mol. The fourth-order valence-electron chi connectivity index (χ4n) is 4.40. The van der Waals surface area contributed by atoms with Gasteiger partial charge in [0.1, 0.15) is 6.29 Å². The monoisotopic (exact) mass is 274 g/mol. The molecule has 0 unspecified atom stereocenters. The molecule has 0 radical (unpaired) electrons. The van der Waals surface area contributed by atoms with Gasteiger partial charge in [-0.1, -0.05) is 37.5 Å². The van der Waals surface area contributed by atoms with Crippen LogP contribution in [0.25, 0.3) is 0 Å². The highest BCUT2D eigenvalue weighted by molar-refractivity contribution is 5.57. The maximum atomic E-state index is 11.5. The van der Waals surface area contributed by atoms with Crippen molar-refractivity contribution in [3.8, 4) is 0 Å². The number of allylic oxidation sites excluding steroid dienone is 3. The minimum atomic E-state index is 0.260. The van der Waals surface area contributed by atoms with Gasteiger partial charge in [-0.3, -0.25) is 0 Å². The van der Waals surface area contributed by atoms with Gasteiger partial charge in [0.05, 0.1) is 0 Å². The van der Waals surface area contributed by atoms with Crippen LogP contribution >= 0.6 is 0 Å². The summed E-state index contributed by atoms with van der Waals surface area (Å²) in [6, 6.07) is 0. The van der Waals surface area contributed by atoms with Gasteiger partial charge in [0.25, 0.3) is 0 Å². The molecule has 0 aromatic heterocycles. The van der Waals surface area contributed by atoms with Gasteiger partial charge in [-0.05, 0) is 62.7 Å². The standard InChI is InChI=1S/C19H30O/c1-14(2)7-5-11-19(4)12-6-8-16-17(13-20)15(3)9-10-18(16)19/h10,13,15-17H,1,5-9,11-12H2,2-4H3/t15-,16+,17+,19-/m1/s1. The van der Waals surface area contributed by atoms with E-state index in [-0.39, 0.29) is 5.92 Å². The lowest BCUT2D eigenvalue weighted by Crippen LogP contribution is -2.38. The fourth-order valence-corrected chi connectivity index (χ4v) is 4.40. The second-order valence-electron chi connectivity index (χ2n) is 7.46. The molecule has 0 amide bonds. The van der Waals surface area contributed by atoms with Gasteiger partial charge in [0.15, 0.2) is 0 Å². The zero-order valence-corrected chi connectivity index (χ0v) is 13.5. The molecule has 0 aliphatic heterocycles. The first-order valence-electron chi connectivity index (χ1n) is 8.28. The molecule has 0 saturated heterocycles. The third kappa shape index (κ3) is 3.07. The van der Waals surface area contributed by atoms with Crippen molar-refractivity contribution in [1.82, 2.24) is 0 Å². The first-order chi connectivity index (χ1) is 9.48. The molecule has 0 aromatic carbocycles. The van der Waals surface area contributed by atoms with Crippen molar-refractivity contribution in [2.24, 2.45) is 23.2 Å². The highest BCUT2D eigenvalue weighted by atomic mass is 16.1. The van der Waals surface area contributed by atoms with Crippen molar-refractivity contribution in [1.29, 1.82) is 0 Å². The molecule has 112 valence electrons. The van der Waals surface area contributed by atoms with Gasteiger partial charge in [-0.25, -0.2) is 0 Å². The van der Waals surface area contributed by atoms with Gasteiger partial charge < -0.3 is 4.79 Å². The minimum Gasteiger partial charge on any atom is -0.303 e. The Hall–Kier alpha value is -0.850. The Bertz CT molecular complexity index is 406. The largest absolute Gasteiger partial charge is 0.303 e. The second kappa shape index (κ2) is 6.28. The first kappa shape index (κ1) is 15.5. The fraction of sp³-hybridized carbons (Fsp3) is 0.737. The lowest BCUT2D eigenvalue weighted by molar-refractivity contribution is -0.114. The normalized spacial score (nSPS) is 37.0. The summed E-state index contributed by atoms with van der Waals surface area (Å²) in [5.74, 6) is 1.31. The van der Waals surface area contributed by atoms with E-state index in [2.05, 4.69) is 33.4 Å². The number of carbonyl (C=O) groups excluding carboxylic acids is 1. The average Bonchev–Trinajstić information content (AvgIpc) is 2.38. The molecule has 2 rings (SSSR count). The van der Waals surface area contributed by atoms with Crippen molar-refractivity contribution < 1.29 is 4.79 Å². The van der Waals surface area contributed by atoms with Gasteiger partial charge in [0, 0.05) is 5.92 Å². The van der Waals surface area contributed by atoms with Crippen LogP contribution in [0.4, 0.5) is 0 Å². The van der Waals surface area contributed by atoms with Crippen LogP contribution in [0, 0.1) is 23.2 Å². The summed E-state index contributed by atoms with van der Waals surface area (Å²) >= 11 is 0. The Kier molecular flexibility index (Phi) is 4.88. The zero-order chi connectivity index (χ0) is 14.8. The van der Waals surface area contributed by atoms with Crippen LogP contribution in [0.2, 0.25) is 0 Å². The van der Waals surface area contributed by atoms with Crippen LogP contribution in [0.3, 0.4) is 0 Å². The van der Waals surface area contributed by atoms with Gasteiger partial charge in [-0.2, -0.15) is 0 Å². The van der Waals surface area contributed by atoms with E-state index in [9.17, 15) is 4.79 Å². The summed E-state index contributed by atoms with van der Waals surface area (Å²) in [6.45, 7) is 10.8. The second-order valence-corrected chi connectivity index (χ2v) is 7.46. The number of carbonyl (C=O) groups is 1. The Balaban J connectivity index is 2.14. The van der Waals surface area contributed by atoms with Gasteiger partial charge in [0.2, 0.25) is 0 Å². The van der Waals surface area contributed by atoms with E-state index in [0.717, 1.165) is 12.8 Å². The summed E-state index contributed by atoms with van der Waals surface area (Å²) in [5.41, 5.74) is 3.23. The van der Waals surface area contributed by atoms with E-state index in [1.54, 1.807) is 5.57 Å². The van der Waals surface area contributed by atoms with Gasteiger partial charge >= 0.3 is 0 Å². The molecule has 1 heteroatoms. The SMILES string of the molecule is C=C(C)CCC[C@]1(C)CCC[C@@H]2C1=CC[C@@H](C)[C@@H]2C=O. The Morgan fingerprint density at radius 3 is 2.95 bits per heavy atom. The topological polar surface area (TPSA) is 17.1 Å². The maximum Gasteiger partial charge on any atom is 0.123 e. The lowest BCUT2D eigenvalue weighted by atomic mass is 9.57. The molecular weight excluding hydrogens is 244 g/mol. The van der Waals surface area contributed by atoms with Crippen molar-refractivity contribution in [3.63, 3.8) is 0 Å². The molecule has 0 bridgehead atoms. The van der Waals surface area contributed by atoms with Crippen molar-refractivity contribution >= 4 is 6.29 Å². The van der Waals surface area contributed by atoms with Crippen molar-refractivity contribution in [2.75, 3.05) is 0 Å².